The van der Waals surface area contributed by atoms with Gasteiger partial charge in [0.1, 0.15) is 0 Å². The van der Waals surface area contributed by atoms with Crippen molar-refractivity contribution >= 4 is 13.6 Å². The second kappa shape index (κ2) is 3.95. The van der Waals surface area contributed by atoms with Crippen molar-refractivity contribution in [1.82, 2.24) is 0 Å². The Labute approximate surface area is 95.9 Å². The van der Waals surface area contributed by atoms with Gasteiger partial charge in [0.25, 0.3) is 0 Å². The molecule has 1 saturated carbocycles. The van der Waals surface area contributed by atoms with E-state index >= 15 is 0 Å². The SMILES string of the molecule is [B]C(C)(C)CC(C)(C)C1CCC1C(C)=N. The van der Waals surface area contributed by atoms with Crippen LogP contribution in [0.2, 0.25) is 5.31 Å². The standard InChI is InChI=1S/C13H24BN/c1-9(15)10-6-7-11(10)12(2,3)8-13(4,5)14/h10-11,15H,6-8H2,1-5H3. The van der Waals surface area contributed by atoms with Crippen LogP contribution in [0.3, 0.4) is 0 Å². The predicted molar refractivity (Wildman–Crippen MR) is 67.8 cm³/mol. The van der Waals surface area contributed by atoms with Gasteiger partial charge in [0.05, 0.1) is 7.85 Å². The van der Waals surface area contributed by atoms with Crippen LogP contribution >= 0.6 is 0 Å². The highest BCUT2D eigenvalue weighted by Gasteiger charge is 2.43. The van der Waals surface area contributed by atoms with Crippen molar-refractivity contribution in [3.63, 3.8) is 0 Å². The molecule has 0 amide bonds. The zero-order chi connectivity index (χ0) is 11.9. The first kappa shape index (κ1) is 12.8. The molecule has 2 heteroatoms. The topological polar surface area (TPSA) is 23.9 Å². The van der Waals surface area contributed by atoms with Gasteiger partial charge < -0.3 is 5.41 Å². The Hall–Kier alpha value is -0.265. The second-order valence-corrected chi connectivity index (χ2v) is 6.63. The highest BCUT2D eigenvalue weighted by Crippen LogP contribution is 2.52. The average Bonchev–Trinajstić information content (AvgIpc) is 1.71. The van der Waals surface area contributed by atoms with Crippen LogP contribution in [0.4, 0.5) is 0 Å². The summed E-state index contributed by atoms with van der Waals surface area (Å²) in [5.41, 5.74) is 1.12. The summed E-state index contributed by atoms with van der Waals surface area (Å²) in [6.07, 6.45) is 3.51. The fourth-order valence-electron chi connectivity index (χ4n) is 3.26. The number of rotatable bonds is 4. The zero-order valence-corrected chi connectivity index (χ0v) is 10.9. The summed E-state index contributed by atoms with van der Waals surface area (Å²) in [6, 6.07) is 0. The smallest absolute Gasteiger partial charge is 0.0739 e. The van der Waals surface area contributed by atoms with Gasteiger partial charge in [0.2, 0.25) is 0 Å². The van der Waals surface area contributed by atoms with Crippen molar-refractivity contribution in [2.24, 2.45) is 17.3 Å². The van der Waals surface area contributed by atoms with E-state index in [2.05, 4.69) is 27.7 Å². The van der Waals surface area contributed by atoms with Gasteiger partial charge in [-0.2, -0.15) is 0 Å². The molecule has 0 aliphatic heterocycles. The van der Waals surface area contributed by atoms with E-state index in [1.165, 1.54) is 12.8 Å². The van der Waals surface area contributed by atoms with Gasteiger partial charge in [-0.1, -0.05) is 39.4 Å². The average molecular weight is 205 g/mol. The van der Waals surface area contributed by atoms with Crippen LogP contribution in [0.25, 0.3) is 0 Å². The van der Waals surface area contributed by atoms with Crippen molar-refractivity contribution in [3.8, 4) is 0 Å². The largest absolute Gasteiger partial charge is 0.310 e. The third-order valence-electron chi connectivity index (χ3n) is 3.75. The van der Waals surface area contributed by atoms with E-state index in [9.17, 15) is 0 Å². The molecule has 2 radical (unpaired) electrons. The summed E-state index contributed by atoms with van der Waals surface area (Å²) < 4.78 is 0. The molecule has 0 aromatic rings. The Kier molecular flexibility index (Phi) is 3.37. The van der Waals surface area contributed by atoms with Crippen LogP contribution in [0.15, 0.2) is 0 Å². The second-order valence-electron chi connectivity index (χ2n) is 6.63. The normalized spacial score (nSPS) is 27.3. The minimum atomic E-state index is -0.0976. The van der Waals surface area contributed by atoms with Gasteiger partial charge in [-0.25, -0.2) is 0 Å². The van der Waals surface area contributed by atoms with Crippen molar-refractivity contribution in [3.05, 3.63) is 0 Å². The number of nitrogens with one attached hydrogen (secondary N) is 1. The van der Waals surface area contributed by atoms with Crippen molar-refractivity contribution in [2.75, 3.05) is 0 Å². The lowest BCUT2D eigenvalue weighted by atomic mass is 9.53. The number of hydrogen-bond donors (Lipinski definition) is 1. The van der Waals surface area contributed by atoms with Gasteiger partial charge in [0, 0.05) is 5.71 Å². The molecule has 0 bridgehead atoms. The summed E-state index contributed by atoms with van der Waals surface area (Å²) >= 11 is 0. The van der Waals surface area contributed by atoms with Crippen LogP contribution < -0.4 is 0 Å². The molecule has 1 aliphatic rings. The maximum Gasteiger partial charge on any atom is 0.0739 e. The molecule has 2 atom stereocenters. The Balaban J connectivity index is 2.66. The van der Waals surface area contributed by atoms with E-state index in [0.29, 0.717) is 11.8 Å². The molecule has 2 unspecified atom stereocenters. The minimum absolute atomic E-state index is 0.0976. The summed E-state index contributed by atoms with van der Waals surface area (Å²) in [7, 11) is 6.11. The first-order chi connectivity index (χ1) is 6.63. The highest BCUT2D eigenvalue weighted by atomic mass is 14.5. The van der Waals surface area contributed by atoms with E-state index in [1.54, 1.807) is 0 Å². The molecule has 0 spiro atoms. The maximum absolute atomic E-state index is 7.76. The van der Waals surface area contributed by atoms with Crippen molar-refractivity contribution in [2.45, 2.75) is 59.2 Å². The van der Waals surface area contributed by atoms with Crippen LogP contribution in [-0.4, -0.2) is 13.6 Å². The summed E-state index contributed by atoms with van der Waals surface area (Å²) in [4.78, 5) is 0. The Morgan fingerprint density at radius 2 is 1.80 bits per heavy atom. The number of hydrogen-bond acceptors (Lipinski definition) is 1. The monoisotopic (exact) mass is 205 g/mol. The van der Waals surface area contributed by atoms with Crippen molar-refractivity contribution < 1.29 is 0 Å². The predicted octanol–water partition coefficient (Wildman–Crippen LogP) is 3.84. The molecule has 0 heterocycles. The van der Waals surface area contributed by atoms with Gasteiger partial charge in [-0.15, -0.1) is 0 Å². The van der Waals surface area contributed by atoms with Crippen molar-refractivity contribution in [1.29, 1.82) is 5.41 Å². The lowest BCUT2D eigenvalue weighted by molar-refractivity contribution is 0.0647. The molecule has 0 aromatic carbocycles. The molecule has 1 fully saturated rings. The molecular weight excluding hydrogens is 181 g/mol. The third kappa shape index (κ3) is 3.09. The molecular formula is C13H24BN. The Bertz CT molecular complexity index is 250. The first-order valence-electron chi connectivity index (χ1n) is 5.97. The minimum Gasteiger partial charge on any atom is -0.310 e. The lowest BCUT2D eigenvalue weighted by Crippen LogP contribution is -2.42. The molecule has 0 aromatic heterocycles. The third-order valence-corrected chi connectivity index (χ3v) is 3.75. The molecule has 1 rings (SSSR count). The van der Waals surface area contributed by atoms with Crippen LogP contribution in [0, 0.1) is 22.7 Å². The van der Waals surface area contributed by atoms with Gasteiger partial charge in [-0.05, 0) is 37.0 Å². The first-order valence-corrected chi connectivity index (χ1v) is 5.97. The van der Waals surface area contributed by atoms with E-state index in [1.807, 2.05) is 6.92 Å². The molecule has 84 valence electrons. The Morgan fingerprint density at radius 3 is 2.07 bits per heavy atom. The lowest BCUT2D eigenvalue weighted by Gasteiger charge is -2.49. The van der Waals surface area contributed by atoms with E-state index < -0.39 is 0 Å². The molecule has 15 heavy (non-hydrogen) atoms. The van der Waals surface area contributed by atoms with E-state index in [4.69, 9.17) is 13.3 Å². The van der Waals surface area contributed by atoms with Gasteiger partial charge in [-0.3, -0.25) is 0 Å². The fraction of sp³-hybridized carbons (Fsp3) is 0.923. The fourth-order valence-corrected chi connectivity index (χ4v) is 3.26. The maximum atomic E-state index is 7.76. The molecule has 0 saturated heterocycles. The van der Waals surface area contributed by atoms with Crippen LogP contribution in [0.1, 0.15) is 53.9 Å². The van der Waals surface area contributed by atoms with Gasteiger partial charge in [0.15, 0.2) is 0 Å². The molecule has 1 aliphatic carbocycles. The zero-order valence-electron chi connectivity index (χ0n) is 10.9. The van der Waals surface area contributed by atoms with Crippen LogP contribution in [0.5, 0.6) is 0 Å². The molecule has 1 nitrogen and oxygen atoms in total. The van der Waals surface area contributed by atoms with E-state index in [0.717, 1.165) is 12.1 Å². The summed E-state index contributed by atoms with van der Waals surface area (Å²) in [5.74, 6) is 1.18. The van der Waals surface area contributed by atoms with E-state index in [-0.39, 0.29) is 10.7 Å². The van der Waals surface area contributed by atoms with Crippen LogP contribution in [-0.2, 0) is 0 Å². The van der Waals surface area contributed by atoms with Gasteiger partial charge >= 0.3 is 0 Å². The highest BCUT2D eigenvalue weighted by molar-refractivity contribution is 6.14. The molecule has 1 N–H and O–H groups in total. The summed E-state index contributed by atoms with van der Waals surface area (Å²) in [5, 5.41) is 7.66. The summed E-state index contributed by atoms with van der Waals surface area (Å²) in [6.45, 7) is 10.8. The Morgan fingerprint density at radius 1 is 1.27 bits per heavy atom. The quantitative estimate of drug-likeness (QED) is 0.532.